The van der Waals surface area contributed by atoms with Crippen LogP contribution in [0.1, 0.15) is 37.3 Å². The van der Waals surface area contributed by atoms with Crippen LogP contribution >= 0.6 is 0 Å². The van der Waals surface area contributed by atoms with Crippen LogP contribution in [-0.4, -0.2) is 61.6 Å². The molecule has 0 atom stereocenters. The molecule has 2 rings (SSSR count). The number of nitrogens with one attached hydrogen (secondary N) is 1. The molecule has 1 aromatic carbocycles. The first-order chi connectivity index (χ1) is 14.5. The van der Waals surface area contributed by atoms with Crippen LogP contribution in [-0.2, 0) is 36.8 Å². The molecule has 31 heavy (non-hydrogen) atoms. The summed E-state index contributed by atoms with van der Waals surface area (Å²) in [5.74, 6) is -0.684. The summed E-state index contributed by atoms with van der Waals surface area (Å²) >= 11 is 0. The van der Waals surface area contributed by atoms with Crippen molar-refractivity contribution in [3.8, 4) is 0 Å². The van der Waals surface area contributed by atoms with E-state index in [-0.39, 0.29) is 102 Å². The summed E-state index contributed by atoms with van der Waals surface area (Å²) in [6.45, 7) is 3.64. The summed E-state index contributed by atoms with van der Waals surface area (Å²) in [7, 11) is 0. The second kappa shape index (κ2) is 15.6. The predicted molar refractivity (Wildman–Crippen MR) is 109 cm³/mol. The van der Waals surface area contributed by atoms with Gasteiger partial charge in [-0.05, 0) is 12.0 Å². The molecule has 1 aliphatic rings. The predicted octanol–water partition coefficient (Wildman–Crippen LogP) is -1.06. The van der Waals surface area contributed by atoms with Gasteiger partial charge in [-0.3, -0.25) is 14.5 Å². The Morgan fingerprint density at radius 3 is 2.45 bits per heavy atom. The zero-order valence-electron chi connectivity index (χ0n) is 18.2. The monoisotopic (exact) mass is 503 g/mol. The molecule has 1 aromatic rings. The van der Waals surface area contributed by atoms with E-state index in [4.69, 9.17) is 9.47 Å². The minimum absolute atomic E-state index is 0. The zero-order chi connectivity index (χ0) is 21.8. The number of rotatable bonds is 12. The Labute approximate surface area is 231 Å². The van der Waals surface area contributed by atoms with E-state index in [1.165, 1.54) is 4.90 Å². The van der Waals surface area contributed by atoms with Crippen molar-refractivity contribution in [1.29, 1.82) is 0 Å². The van der Waals surface area contributed by atoms with Gasteiger partial charge in [-0.15, -0.1) is 6.54 Å². The third kappa shape index (κ3) is 10.8. The first-order valence-corrected chi connectivity index (χ1v) is 10.1. The summed E-state index contributed by atoms with van der Waals surface area (Å²) in [6, 6.07) is 7.20. The van der Waals surface area contributed by atoms with Crippen LogP contribution in [0.15, 0.2) is 24.3 Å². The molecule has 0 unspecified atom stereocenters. The van der Waals surface area contributed by atoms with E-state index < -0.39 is 6.09 Å². The fourth-order valence-corrected chi connectivity index (χ4v) is 2.60. The molecule has 164 valence electrons. The topological polar surface area (TPSA) is 116 Å². The Bertz CT molecular complexity index is 741. The van der Waals surface area contributed by atoms with Crippen molar-refractivity contribution in [3.05, 3.63) is 40.7 Å². The second-order valence-electron chi connectivity index (χ2n) is 6.86. The van der Waals surface area contributed by atoms with Gasteiger partial charge in [-0.2, -0.15) is 0 Å². The van der Waals surface area contributed by atoms with Crippen molar-refractivity contribution >= 4 is 23.8 Å². The average molecular weight is 504 g/mol. The Kier molecular flexibility index (Phi) is 14.1. The fraction of sp³-hybridized carbons (Fsp3) is 0.524. The van der Waals surface area contributed by atoms with Crippen LogP contribution in [0.4, 0.5) is 4.79 Å². The Morgan fingerprint density at radius 2 is 1.84 bits per heavy atom. The van der Waals surface area contributed by atoms with E-state index in [9.17, 15) is 19.2 Å². The van der Waals surface area contributed by atoms with Gasteiger partial charge < -0.3 is 24.9 Å². The molecule has 1 aliphatic heterocycles. The number of carbonyl (C=O) groups excluding carboxylic acids is 4. The number of likely N-dealkylation sites (tertiary alicyclic amines) is 1. The zero-order valence-corrected chi connectivity index (χ0v) is 23.1. The van der Waals surface area contributed by atoms with E-state index in [0.29, 0.717) is 32.5 Å². The van der Waals surface area contributed by atoms with Gasteiger partial charge in [0.05, 0.1) is 32.1 Å². The van der Waals surface area contributed by atoms with Crippen molar-refractivity contribution in [2.45, 2.75) is 39.2 Å². The maximum atomic E-state index is 11.9. The van der Waals surface area contributed by atoms with Gasteiger partial charge >= 0.3 is 64.3 Å². The molecular weight excluding hydrogens is 476 g/mol. The van der Waals surface area contributed by atoms with Gasteiger partial charge in [-0.25, -0.2) is 4.79 Å². The summed E-state index contributed by atoms with van der Waals surface area (Å²) in [5, 5.41) is 6.54. The van der Waals surface area contributed by atoms with Crippen molar-refractivity contribution < 1.29 is 86.8 Å². The number of β-lactam (4-membered cyclic amide) rings is 1. The standard InChI is InChI=1S/C21H29N3O6.Rb/c1-2-9-22-21(28)30-12-3-11-29-15-18(25)23-14-17-6-4-16(5-7-17)13-20(27)24-10-8-19(24)26;/h4-7H,2-3,8-15H2,1H3,(H2,22,23,25,28);/q;+1/p-1. The van der Waals surface area contributed by atoms with Crippen LogP contribution in [0, 0.1) is 0 Å². The molecule has 0 saturated carbocycles. The van der Waals surface area contributed by atoms with Crippen LogP contribution in [0.2, 0.25) is 0 Å². The van der Waals surface area contributed by atoms with Crippen molar-refractivity contribution in [2.75, 3.05) is 32.9 Å². The fourth-order valence-electron chi connectivity index (χ4n) is 2.60. The van der Waals surface area contributed by atoms with E-state index in [0.717, 1.165) is 17.5 Å². The van der Waals surface area contributed by atoms with Crippen LogP contribution in [0.25, 0.3) is 5.32 Å². The molecule has 10 heteroatoms. The number of hydrogen-bond acceptors (Lipinski definition) is 6. The first-order valence-electron chi connectivity index (χ1n) is 10.1. The molecule has 0 radical (unpaired) electrons. The number of nitrogens with zero attached hydrogens (tertiary/aromatic N) is 2. The maximum Gasteiger partial charge on any atom is 1.00 e. The minimum Gasteiger partial charge on any atom is -0.648 e. The summed E-state index contributed by atoms with van der Waals surface area (Å²) in [4.78, 5) is 47.5. The van der Waals surface area contributed by atoms with E-state index in [2.05, 4.69) is 10.6 Å². The largest absolute Gasteiger partial charge is 1.00 e. The van der Waals surface area contributed by atoms with Crippen LogP contribution in [0.3, 0.4) is 0 Å². The summed E-state index contributed by atoms with van der Waals surface area (Å²) in [6.07, 6.45) is 1.51. The van der Waals surface area contributed by atoms with Crippen LogP contribution < -0.4 is 63.5 Å². The molecule has 1 N–H and O–H groups in total. The first kappa shape index (κ1) is 27.9. The van der Waals surface area contributed by atoms with Crippen molar-refractivity contribution in [1.82, 2.24) is 10.2 Å². The Morgan fingerprint density at radius 1 is 1.13 bits per heavy atom. The molecule has 0 aliphatic carbocycles. The minimum atomic E-state index is -0.452. The number of benzene rings is 1. The maximum absolute atomic E-state index is 11.9. The SMILES string of the molecule is CCCNC(=O)OCCCOCC(=O)[N-]Cc1ccc(CC(=O)N2CCC2=O)cc1.[Rb+]. The molecule has 1 saturated heterocycles. The molecule has 0 bridgehead atoms. The number of imide groups is 1. The van der Waals surface area contributed by atoms with Gasteiger partial charge in [0, 0.05) is 25.9 Å². The van der Waals surface area contributed by atoms with E-state index in [1.54, 1.807) is 24.3 Å². The van der Waals surface area contributed by atoms with Gasteiger partial charge in [0.15, 0.2) is 0 Å². The number of alkyl carbamates (subject to hydrolysis) is 1. The second-order valence-corrected chi connectivity index (χ2v) is 6.86. The smallest absolute Gasteiger partial charge is 0.648 e. The molecule has 4 amide bonds. The number of ether oxygens (including phenoxy) is 2. The quantitative estimate of drug-likeness (QED) is 0.287. The summed E-state index contributed by atoms with van der Waals surface area (Å²) < 4.78 is 10.2. The van der Waals surface area contributed by atoms with Crippen molar-refractivity contribution in [3.63, 3.8) is 0 Å². The number of carbonyl (C=O) groups is 4. The van der Waals surface area contributed by atoms with Gasteiger partial charge in [0.2, 0.25) is 11.8 Å². The van der Waals surface area contributed by atoms with Gasteiger partial charge in [-0.1, -0.05) is 36.8 Å². The number of hydrogen-bond donors (Lipinski definition) is 1. The Hall–Kier alpha value is -1.13. The van der Waals surface area contributed by atoms with Gasteiger partial charge in [0.25, 0.3) is 0 Å². The molecule has 1 heterocycles. The summed E-state index contributed by atoms with van der Waals surface area (Å²) in [5.41, 5.74) is 1.65. The van der Waals surface area contributed by atoms with E-state index >= 15 is 0 Å². The molecule has 9 nitrogen and oxygen atoms in total. The van der Waals surface area contributed by atoms with Crippen LogP contribution in [0.5, 0.6) is 0 Å². The number of amides is 4. The van der Waals surface area contributed by atoms with Crippen molar-refractivity contribution in [2.24, 2.45) is 0 Å². The average Bonchev–Trinajstić information content (AvgIpc) is 2.72. The third-order valence-electron chi connectivity index (χ3n) is 4.38. The Balaban J connectivity index is 0.00000480. The molecule has 0 aromatic heterocycles. The molecule has 1 fully saturated rings. The third-order valence-corrected chi connectivity index (χ3v) is 4.38. The molecular formula is C21H28N3O6Rb. The molecule has 0 spiro atoms. The van der Waals surface area contributed by atoms with Gasteiger partial charge in [0.1, 0.15) is 0 Å². The normalized spacial score (nSPS) is 12.4. The van der Waals surface area contributed by atoms with E-state index in [1.807, 2.05) is 6.92 Å².